The van der Waals surface area contributed by atoms with Crippen LogP contribution in [-0.4, -0.2) is 34.6 Å². The summed E-state index contributed by atoms with van der Waals surface area (Å²) in [5.41, 5.74) is -0.471. The number of carbonyl (C=O) groups is 3. The molecule has 4 rings (SSSR count). The number of carbonyl (C=O) groups excluding carboxylic acids is 2. The zero-order chi connectivity index (χ0) is 26.8. The topological polar surface area (TPSA) is 116 Å². The van der Waals surface area contributed by atoms with Gasteiger partial charge >= 0.3 is 18.2 Å². The number of anilines is 2. The number of halogens is 3. The van der Waals surface area contributed by atoms with Crippen LogP contribution in [0.25, 0.3) is 0 Å². The Labute approximate surface area is 212 Å². The smallest absolute Gasteiger partial charge is 0.416 e. The minimum Gasteiger partial charge on any atom is -0.481 e. The van der Waals surface area contributed by atoms with Crippen LogP contribution >= 0.6 is 0 Å². The molecule has 2 aliphatic rings. The minimum absolute atomic E-state index is 0.0244. The molecule has 2 saturated carbocycles. The third-order valence-electron chi connectivity index (χ3n) is 7.72. The molecule has 198 valence electrons. The molecular formula is C27H29F3N2O5. The van der Waals surface area contributed by atoms with Crippen molar-refractivity contribution >= 4 is 29.2 Å². The van der Waals surface area contributed by atoms with Gasteiger partial charge in [0.15, 0.2) is 0 Å². The molecule has 2 aromatic carbocycles. The number of aliphatic hydroxyl groups excluding tert-OH is 1. The minimum atomic E-state index is -4.51. The largest absolute Gasteiger partial charge is 0.481 e. The molecule has 10 heteroatoms. The molecule has 0 aromatic heterocycles. The van der Waals surface area contributed by atoms with E-state index < -0.39 is 35.8 Å². The quantitative estimate of drug-likeness (QED) is 0.394. The van der Waals surface area contributed by atoms with E-state index in [1.54, 1.807) is 12.1 Å². The maximum atomic E-state index is 13.1. The normalized spacial score (nSPS) is 25.7. The van der Waals surface area contributed by atoms with Crippen LogP contribution in [0.15, 0.2) is 48.5 Å². The Balaban J connectivity index is 1.35. The lowest BCUT2D eigenvalue weighted by Crippen LogP contribution is -2.48. The van der Waals surface area contributed by atoms with Crippen molar-refractivity contribution in [2.75, 3.05) is 17.2 Å². The number of carboxylic acid groups (broad SMARTS) is 1. The molecule has 0 spiro atoms. The molecule has 7 nitrogen and oxygen atoms in total. The van der Waals surface area contributed by atoms with E-state index in [1.807, 2.05) is 12.1 Å². The highest BCUT2D eigenvalue weighted by molar-refractivity contribution is 5.99. The number of rotatable bonds is 6. The molecule has 0 aliphatic heterocycles. The van der Waals surface area contributed by atoms with Crippen LogP contribution in [0.3, 0.4) is 0 Å². The van der Waals surface area contributed by atoms with Gasteiger partial charge in [0, 0.05) is 17.3 Å². The number of fused-ring (bicyclic) bond motifs is 1. The lowest BCUT2D eigenvalue weighted by Gasteiger charge is -2.45. The van der Waals surface area contributed by atoms with Gasteiger partial charge in [0.1, 0.15) is 5.78 Å². The SMILES string of the molecule is O=C(O)CC1(CO)CCC2CC(c3ccc(NC(=O)Nc4cccc(C(F)(F)F)c4)cc3)CCC2C1=O. The molecule has 0 bridgehead atoms. The molecule has 2 aromatic rings. The van der Waals surface area contributed by atoms with Crippen LogP contribution in [0.5, 0.6) is 0 Å². The predicted molar refractivity (Wildman–Crippen MR) is 130 cm³/mol. The Hall–Kier alpha value is -3.40. The first-order chi connectivity index (χ1) is 17.5. The number of nitrogens with one attached hydrogen (secondary N) is 2. The zero-order valence-corrected chi connectivity index (χ0v) is 20.1. The van der Waals surface area contributed by atoms with Crippen LogP contribution in [-0.2, 0) is 15.8 Å². The van der Waals surface area contributed by atoms with Gasteiger partial charge < -0.3 is 20.8 Å². The summed E-state index contributed by atoms with van der Waals surface area (Å²) in [6, 6.07) is 10.9. The van der Waals surface area contributed by atoms with E-state index in [0.717, 1.165) is 30.5 Å². The lowest BCUT2D eigenvalue weighted by atomic mass is 9.57. The van der Waals surface area contributed by atoms with Gasteiger partial charge in [-0.3, -0.25) is 9.59 Å². The van der Waals surface area contributed by atoms with E-state index >= 15 is 0 Å². The van der Waals surface area contributed by atoms with Gasteiger partial charge in [0.25, 0.3) is 0 Å². The summed E-state index contributed by atoms with van der Waals surface area (Å²) in [6.45, 7) is -0.444. The van der Waals surface area contributed by atoms with E-state index in [4.69, 9.17) is 0 Å². The third kappa shape index (κ3) is 5.95. The number of benzene rings is 2. The summed E-state index contributed by atoms with van der Waals surface area (Å²) in [7, 11) is 0. The number of aliphatic hydroxyl groups is 1. The number of carboxylic acids is 1. The Kier molecular flexibility index (Phi) is 7.59. The summed E-state index contributed by atoms with van der Waals surface area (Å²) in [4.78, 5) is 36.7. The van der Waals surface area contributed by atoms with E-state index in [9.17, 15) is 37.8 Å². The zero-order valence-electron chi connectivity index (χ0n) is 20.1. The maximum absolute atomic E-state index is 13.1. The number of amides is 2. The molecular weight excluding hydrogens is 489 g/mol. The molecule has 0 saturated heterocycles. The van der Waals surface area contributed by atoms with Crippen molar-refractivity contribution < 1.29 is 37.8 Å². The second-order valence-corrected chi connectivity index (χ2v) is 10.1. The van der Waals surface area contributed by atoms with Crippen LogP contribution in [0, 0.1) is 17.3 Å². The molecule has 4 unspecified atom stereocenters. The fourth-order valence-electron chi connectivity index (χ4n) is 5.79. The van der Waals surface area contributed by atoms with Gasteiger partial charge in [-0.15, -0.1) is 0 Å². The van der Waals surface area contributed by atoms with Crippen molar-refractivity contribution in [1.82, 2.24) is 0 Å². The summed E-state index contributed by atoms with van der Waals surface area (Å²) in [5.74, 6) is -1.10. The first kappa shape index (κ1) is 26.7. The molecule has 2 amide bonds. The summed E-state index contributed by atoms with van der Waals surface area (Å²) in [6.07, 6.45) is -1.62. The highest BCUT2D eigenvalue weighted by Gasteiger charge is 2.50. The Morgan fingerprint density at radius 1 is 1.00 bits per heavy atom. The molecule has 4 atom stereocenters. The fraction of sp³-hybridized carbons (Fsp3) is 0.444. The number of alkyl halides is 3. The summed E-state index contributed by atoms with van der Waals surface area (Å²) < 4.78 is 38.6. The number of Topliss-reactive ketones (excluding diaryl/α,β-unsaturated/α-hetero) is 1. The second kappa shape index (κ2) is 10.5. The summed E-state index contributed by atoms with van der Waals surface area (Å²) >= 11 is 0. The van der Waals surface area contributed by atoms with Crippen LogP contribution in [0.2, 0.25) is 0 Å². The van der Waals surface area contributed by atoms with E-state index in [1.165, 1.54) is 12.1 Å². The van der Waals surface area contributed by atoms with E-state index in [-0.39, 0.29) is 35.6 Å². The van der Waals surface area contributed by atoms with Gasteiger partial charge in [0.05, 0.1) is 24.0 Å². The molecule has 0 heterocycles. The molecule has 37 heavy (non-hydrogen) atoms. The predicted octanol–water partition coefficient (Wildman–Crippen LogP) is 5.67. The van der Waals surface area contributed by atoms with Crippen LogP contribution < -0.4 is 10.6 Å². The monoisotopic (exact) mass is 518 g/mol. The van der Waals surface area contributed by atoms with E-state index in [0.29, 0.717) is 24.9 Å². The van der Waals surface area contributed by atoms with Crippen molar-refractivity contribution in [2.45, 2.75) is 50.6 Å². The van der Waals surface area contributed by atoms with Gasteiger partial charge in [-0.25, -0.2) is 4.79 Å². The highest BCUT2D eigenvalue weighted by atomic mass is 19.4. The molecule has 2 aliphatic carbocycles. The maximum Gasteiger partial charge on any atom is 0.416 e. The Morgan fingerprint density at radius 2 is 1.70 bits per heavy atom. The highest BCUT2D eigenvalue weighted by Crippen LogP contribution is 2.50. The van der Waals surface area contributed by atoms with Gasteiger partial charge in [-0.1, -0.05) is 18.2 Å². The van der Waals surface area contributed by atoms with Crippen LogP contribution in [0.1, 0.15) is 55.6 Å². The van der Waals surface area contributed by atoms with Gasteiger partial charge in [-0.05, 0) is 79.8 Å². The Morgan fingerprint density at radius 3 is 2.35 bits per heavy atom. The Bertz CT molecular complexity index is 1170. The van der Waals surface area contributed by atoms with E-state index in [2.05, 4.69) is 10.6 Å². The lowest BCUT2D eigenvalue weighted by molar-refractivity contribution is -0.154. The van der Waals surface area contributed by atoms with Crippen molar-refractivity contribution in [3.05, 3.63) is 59.7 Å². The van der Waals surface area contributed by atoms with Crippen molar-refractivity contribution in [2.24, 2.45) is 17.3 Å². The van der Waals surface area contributed by atoms with Crippen molar-refractivity contribution in [1.29, 1.82) is 0 Å². The first-order valence-corrected chi connectivity index (χ1v) is 12.2. The number of ketones is 1. The second-order valence-electron chi connectivity index (χ2n) is 10.1. The number of urea groups is 1. The number of hydrogen-bond acceptors (Lipinski definition) is 4. The average Bonchev–Trinajstić information content (AvgIpc) is 2.85. The standard InChI is InChI=1S/C27H29F3N2O5/c28-27(29,30)19-2-1-3-21(13-19)32-25(37)31-20-7-4-16(5-8-20)17-6-9-22-18(12-17)10-11-26(15-33,24(22)36)14-23(34)35/h1-5,7-8,13,17-18,22,33H,6,9-12,14-15H2,(H,34,35)(H2,31,32,37). The van der Waals surface area contributed by atoms with Crippen molar-refractivity contribution in [3.63, 3.8) is 0 Å². The molecule has 2 fully saturated rings. The van der Waals surface area contributed by atoms with Crippen LogP contribution in [0.4, 0.5) is 29.3 Å². The fourth-order valence-corrected chi connectivity index (χ4v) is 5.79. The number of aliphatic carboxylic acids is 1. The average molecular weight is 519 g/mol. The van der Waals surface area contributed by atoms with Gasteiger partial charge in [-0.2, -0.15) is 13.2 Å². The third-order valence-corrected chi connectivity index (χ3v) is 7.72. The number of hydrogen-bond donors (Lipinski definition) is 4. The van der Waals surface area contributed by atoms with Gasteiger partial charge in [0.2, 0.25) is 0 Å². The molecule has 4 N–H and O–H groups in total. The molecule has 0 radical (unpaired) electrons. The summed E-state index contributed by atoms with van der Waals surface area (Å²) in [5, 5.41) is 24.1. The first-order valence-electron chi connectivity index (χ1n) is 12.2. The van der Waals surface area contributed by atoms with Crippen molar-refractivity contribution in [3.8, 4) is 0 Å².